The normalized spacial score (nSPS) is 14.2. The summed E-state index contributed by atoms with van der Waals surface area (Å²) in [6, 6.07) is 0. The summed E-state index contributed by atoms with van der Waals surface area (Å²) in [5, 5.41) is 8.52. The molecule has 0 bridgehead atoms. The third-order valence-electron chi connectivity index (χ3n) is 7.26. The molecule has 336 valence electrons. The summed E-state index contributed by atoms with van der Waals surface area (Å²) in [6.07, 6.45) is -9.14. The summed E-state index contributed by atoms with van der Waals surface area (Å²) in [5.74, 6) is -39.6. The Hall–Kier alpha value is -2.25. The zero-order chi connectivity index (χ0) is 43.7. The number of esters is 2. The van der Waals surface area contributed by atoms with Crippen LogP contribution in [0.15, 0.2) is 0 Å². The third-order valence-corrected chi connectivity index (χ3v) is 7.26. The summed E-state index contributed by atoms with van der Waals surface area (Å²) >= 11 is 0. The van der Waals surface area contributed by atoms with Gasteiger partial charge in [0.05, 0.1) is 111 Å². The molecule has 0 aliphatic carbocycles. The van der Waals surface area contributed by atoms with Crippen molar-refractivity contribution in [1.82, 2.24) is 0 Å². The van der Waals surface area contributed by atoms with Gasteiger partial charge >= 0.3 is 47.7 Å². The number of aliphatic hydroxyl groups is 1. The fourth-order valence-corrected chi connectivity index (χ4v) is 3.32. The standard InChI is InChI=1S/C19H38O9.C13H13F13O2/c1-3-18(2)19(21)28-17-16-27-15-14-26-13-12-25-11-10-24-9-8-23-7-6-22-5-4-20;1-3-6(2)7(27)28-5-4-8(14,15)9(16,17)10(18,19)11(20,21)12(22,23)13(24,25)26/h18,20H,3-17H2,1-2H3;6H,3-5H2,1-2H3. The molecule has 2 atom stereocenters. The third kappa shape index (κ3) is 19.0. The van der Waals surface area contributed by atoms with Crippen LogP contribution >= 0.6 is 0 Å². The van der Waals surface area contributed by atoms with Gasteiger partial charge < -0.3 is 43.0 Å². The minimum atomic E-state index is -7.93. The minimum absolute atomic E-state index is 0.0270. The van der Waals surface area contributed by atoms with Crippen molar-refractivity contribution < 1.29 is 110 Å². The van der Waals surface area contributed by atoms with Crippen LogP contribution in [-0.2, 0) is 47.5 Å². The summed E-state index contributed by atoms with van der Waals surface area (Å²) in [4.78, 5) is 22.6. The summed E-state index contributed by atoms with van der Waals surface area (Å²) in [5.41, 5.74) is 0. The first-order chi connectivity index (χ1) is 25.8. The van der Waals surface area contributed by atoms with Gasteiger partial charge in [0.25, 0.3) is 0 Å². The number of alkyl halides is 13. The predicted molar refractivity (Wildman–Crippen MR) is 168 cm³/mol. The highest BCUT2D eigenvalue weighted by Gasteiger charge is 2.90. The Labute approximate surface area is 315 Å². The number of carbonyl (C=O) groups excluding carboxylic acids is 2. The highest BCUT2D eigenvalue weighted by Crippen LogP contribution is 2.60. The molecular formula is C32H51F13O11. The molecule has 0 rings (SSSR count). The molecule has 56 heavy (non-hydrogen) atoms. The molecule has 2 unspecified atom stereocenters. The van der Waals surface area contributed by atoms with Crippen LogP contribution in [0.3, 0.4) is 0 Å². The van der Waals surface area contributed by atoms with Crippen LogP contribution in [0.4, 0.5) is 57.1 Å². The smallest absolute Gasteiger partial charge is 0.460 e. The lowest BCUT2D eigenvalue weighted by atomic mass is 9.93. The molecular weight excluding hydrogens is 807 g/mol. The van der Waals surface area contributed by atoms with Crippen LogP contribution in [0.2, 0.25) is 0 Å². The zero-order valence-corrected chi connectivity index (χ0v) is 31.3. The predicted octanol–water partition coefficient (Wildman–Crippen LogP) is 6.37. The first kappa shape index (κ1) is 55.8. The van der Waals surface area contributed by atoms with Gasteiger partial charge in [-0.1, -0.05) is 27.7 Å². The van der Waals surface area contributed by atoms with E-state index >= 15 is 0 Å². The summed E-state index contributed by atoms with van der Waals surface area (Å²) < 4.78 is 207. The second-order valence-electron chi connectivity index (χ2n) is 11.6. The molecule has 0 saturated heterocycles. The second-order valence-corrected chi connectivity index (χ2v) is 11.6. The van der Waals surface area contributed by atoms with E-state index in [4.69, 9.17) is 38.3 Å². The van der Waals surface area contributed by atoms with E-state index in [0.29, 0.717) is 79.3 Å². The van der Waals surface area contributed by atoms with E-state index in [1.165, 1.54) is 13.8 Å². The van der Waals surface area contributed by atoms with Crippen molar-refractivity contribution in [2.24, 2.45) is 11.8 Å². The van der Waals surface area contributed by atoms with Gasteiger partial charge in [-0.2, -0.15) is 57.1 Å². The van der Waals surface area contributed by atoms with E-state index in [1.54, 1.807) is 0 Å². The Morgan fingerprint density at radius 2 is 0.732 bits per heavy atom. The Balaban J connectivity index is 0. The van der Waals surface area contributed by atoms with E-state index in [-0.39, 0.29) is 31.5 Å². The molecule has 0 aromatic carbocycles. The van der Waals surface area contributed by atoms with Gasteiger partial charge in [0.2, 0.25) is 0 Å². The molecule has 0 heterocycles. The Kier molecular flexibility index (Phi) is 27.4. The molecule has 0 aliphatic heterocycles. The summed E-state index contributed by atoms with van der Waals surface area (Å²) in [7, 11) is 0. The van der Waals surface area contributed by atoms with Crippen LogP contribution < -0.4 is 0 Å². The van der Waals surface area contributed by atoms with Crippen LogP contribution in [-0.4, -0.2) is 152 Å². The number of halogens is 13. The maximum atomic E-state index is 13.4. The molecule has 0 aliphatic rings. The van der Waals surface area contributed by atoms with Crippen molar-refractivity contribution in [3.05, 3.63) is 0 Å². The van der Waals surface area contributed by atoms with Crippen LogP contribution in [0, 0.1) is 11.8 Å². The number of ether oxygens (including phenoxy) is 8. The molecule has 11 nitrogen and oxygen atoms in total. The van der Waals surface area contributed by atoms with E-state index in [0.717, 1.165) is 6.42 Å². The molecule has 0 saturated carbocycles. The van der Waals surface area contributed by atoms with Crippen molar-refractivity contribution in [3.63, 3.8) is 0 Å². The molecule has 0 spiro atoms. The fourth-order valence-electron chi connectivity index (χ4n) is 3.32. The van der Waals surface area contributed by atoms with Gasteiger partial charge in [0.15, 0.2) is 0 Å². The maximum absolute atomic E-state index is 13.4. The van der Waals surface area contributed by atoms with Crippen molar-refractivity contribution in [3.8, 4) is 0 Å². The van der Waals surface area contributed by atoms with Crippen molar-refractivity contribution in [2.75, 3.05) is 99.1 Å². The Morgan fingerprint density at radius 1 is 0.446 bits per heavy atom. The molecule has 0 fully saturated rings. The average Bonchev–Trinajstić information content (AvgIpc) is 3.12. The van der Waals surface area contributed by atoms with Gasteiger partial charge in [0, 0.05) is 0 Å². The van der Waals surface area contributed by atoms with Crippen molar-refractivity contribution in [2.45, 2.75) is 82.7 Å². The van der Waals surface area contributed by atoms with E-state index in [9.17, 15) is 66.7 Å². The highest BCUT2D eigenvalue weighted by molar-refractivity contribution is 5.72. The van der Waals surface area contributed by atoms with Crippen LogP contribution in [0.5, 0.6) is 0 Å². The molecule has 0 aromatic rings. The summed E-state index contributed by atoms with van der Waals surface area (Å²) in [6.45, 7) is 10.6. The molecule has 0 amide bonds. The Morgan fingerprint density at radius 3 is 1.04 bits per heavy atom. The number of rotatable bonds is 31. The van der Waals surface area contributed by atoms with Gasteiger partial charge in [-0.3, -0.25) is 9.59 Å². The number of hydrogen-bond donors (Lipinski definition) is 1. The van der Waals surface area contributed by atoms with Crippen molar-refractivity contribution >= 4 is 11.9 Å². The van der Waals surface area contributed by atoms with E-state index in [1.807, 2.05) is 13.8 Å². The first-order valence-electron chi connectivity index (χ1n) is 17.2. The van der Waals surface area contributed by atoms with E-state index in [2.05, 4.69) is 4.74 Å². The molecule has 0 aromatic heterocycles. The fraction of sp³-hybridized carbons (Fsp3) is 0.938. The number of aliphatic hydroxyl groups excluding tert-OH is 1. The maximum Gasteiger partial charge on any atom is 0.460 e. The van der Waals surface area contributed by atoms with Crippen LogP contribution in [0.1, 0.15) is 47.0 Å². The Bertz CT molecular complexity index is 1050. The number of carbonyl (C=O) groups is 2. The SMILES string of the molecule is CCC(C)C(=O)OCCC(F)(F)C(F)(F)C(F)(F)C(F)(F)C(F)(F)C(F)(F)F.CCC(C)C(=O)OCCOCCOCCOCCOCCOCCOCCO. The molecule has 24 heteroatoms. The lowest BCUT2D eigenvalue weighted by Gasteiger charge is -2.39. The zero-order valence-electron chi connectivity index (χ0n) is 31.3. The lowest BCUT2D eigenvalue weighted by Crippen LogP contribution is -2.70. The quantitative estimate of drug-likeness (QED) is 0.0475. The average molecular weight is 859 g/mol. The van der Waals surface area contributed by atoms with Gasteiger partial charge in [-0.15, -0.1) is 0 Å². The first-order valence-corrected chi connectivity index (χ1v) is 17.2. The minimum Gasteiger partial charge on any atom is -0.465 e. The van der Waals surface area contributed by atoms with Gasteiger partial charge in [-0.25, -0.2) is 0 Å². The molecule has 0 radical (unpaired) electrons. The van der Waals surface area contributed by atoms with Gasteiger partial charge in [0.1, 0.15) is 6.61 Å². The molecule has 1 N–H and O–H groups in total. The van der Waals surface area contributed by atoms with Gasteiger partial charge in [-0.05, 0) is 12.8 Å². The monoisotopic (exact) mass is 858 g/mol. The van der Waals surface area contributed by atoms with E-state index < -0.39 is 60.7 Å². The number of hydrogen-bond acceptors (Lipinski definition) is 11. The largest absolute Gasteiger partial charge is 0.465 e. The topological polar surface area (TPSA) is 128 Å². The highest BCUT2D eigenvalue weighted by atomic mass is 19.4. The van der Waals surface area contributed by atoms with Crippen molar-refractivity contribution in [1.29, 1.82) is 0 Å². The lowest BCUT2D eigenvalue weighted by molar-refractivity contribution is -0.440. The second kappa shape index (κ2) is 27.4. The van der Waals surface area contributed by atoms with Crippen LogP contribution in [0.25, 0.3) is 0 Å².